The number of thioether (sulfide) groups is 1. The van der Waals surface area contributed by atoms with E-state index in [0.717, 1.165) is 6.54 Å². The summed E-state index contributed by atoms with van der Waals surface area (Å²) in [5, 5.41) is 3.32. The van der Waals surface area contributed by atoms with Gasteiger partial charge >= 0.3 is 0 Å². The maximum atomic E-state index is 3.32. The molecule has 0 aromatic heterocycles. The summed E-state index contributed by atoms with van der Waals surface area (Å²) >= 11 is 2.09. The van der Waals surface area contributed by atoms with Crippen LogP contribution in [0.25, 0.3) is 0 Å². The summed E-state index contributed by atoms with van der Waals surface area (Å²) in [6.07, 6.45) is 1.26. The highest BCUT2D eigenvalue weighted by atomic mass is 32.2. The minimum atomic E-state index is 0.455. The molecule has 1 heterocycles. The molecule has 0 saturated carbocycles. The molecular weight excluding hydrogens is 192 g/mol. The molecule has 1 atom stereocenters. The van der Waals surface area contributed by atoms with Gasteiger partial charge in [-0.25, -0.2) is 0 Å². The second-order valence-corrected chi connectivity index (χ2v) is 5.81. The van der Waals surface area contributed by atoms with E-state index < -0.39 is 0 Å². The van der Waals surface area contributed by atoms with Gasteiger partial charge in [0, 0.05) is 37.7 Å². The zero-order valence-electron chi connectivity index (χ0n) is 9.81. The van der Waals surface area contributed by atoms with Crippen molar-refractivity contribution in [1.82, 2.24) is 10.2 Å². The highest BCUT2D eigenvalue weighted by Crippen LogP contribution is 2.23. The molecule has 0 radical (unpaired) electrons. The van der Waals surface area contributed by atoms with Crippen LogP contribution in [0.2, 0.25) is 0 Å². The Labute approximate surface area is 92.8 Å². The predicted molar refractivity (Wildman–Crippen MR) is 66.1 cm³/mol. The summed E-state index contributed by atoms with van der Waals surface area (Å²) < 4.78 is 0. The van der Waals surface area contributed by atoms with Gasteiger partial charge in [0.15, 0.2) is 0 Å². The van der Waals surface area contributed by atoms with Crippen LogP contribution in [0, 0.1) is 5.41 Å². The molecule has 1 aliphatic heterocycles. The Bertz CT molecular complexity index is 157. The van der Waals surface area contributed by atoms with Crippen molar-refractivity contribution in [2.45, 2.75) is 20.3 Å². The lowest BCUT2D eigenvalue weighted by atomic mass is 9.87. The Morgan fingerprint density at radius 1 is 1.36 bits per heavy atom. The van der Waals surface area contributed by atoms with Crippen LogP contribution in [0.1, 0.15) is 20.3 Å². The summed E-state index contributed by atoms with van der Waals surface area (Å²) in [5.74, 6) is 2.64. The van der Waals surface area contributed by atoms with Crippen LogP contribution in [0.4, 0.5) is 0 Å². The fourth-order valence-electron chi connectivity index (χ4n) is 2.02. The van der Waals surface area contributed by atoms with Gasteiger partial charge in [0.2, 0.25) is 0 Å². The van der Waals surface area contributed by atoms with E-state index in [1.165, 1.54) is 37.6 Å². The number of hydrogen-bond acceptors (Lipinski definition) is 3. The van der Waals surface area contributed by atoms with Gasteiger partial charge in [-0.15, -0.1) is 0 Å². The van der Waals surface area contributed by atoms with Crippen molar-refractivity contribution in [1.29, 1.82) is 0 Å². The highest BCUT2D eigenvalue weighted by molar-refractivity contribution is 7.99. The number of nitrogens with one attached hydrogen (secondary N) is 1. The SMILES string of the molecule is CCC(C)(CNC)CN1CCSCC1. The molecule has 0 amide bonds. The number of nitrogens with zero attached hydrogens (tertiary/aromatic N) is 1. The van der Waals surface area contributed by atoms with Crippen LogP contribution in [-0.4, -0.2) is 49.6 Å². The van der Waals surface area contributed by atoms with Crippen molar-refractivity contribution < 1.29 is 0 Å². The number of rotatable bonds is 5. The van der Waals surface area contributed by atoms with Crippen LogP contribution < -0.4 is 5.32 Å². The van der Waals surface area contributed by atoms with Crippen LogP contribution in [0.15, 0.2) is 0 Å². The third-order valence-corrected chi connectivity index (χ3v) is 4.11. The molecule has 1 saturated heterocycles. The lowest BCUT2D eigenvalue weighted by Crippen LogP contribution is -2.44. The van der Waals surface area contributed by atoms with Gasteiger partial charge in [-0.3, -0.25) is 0 Å². The normalized spacial score (nSPS) is 23.4. The molecule has 14 heavy (non-hydrogen) atoms. The van der Waals surface area contributed by atoms with Crippen LogP contribution in [0.3, 0.4) is 0 Å². The van der Waals surface area contributed by atoms with Crippen LogP contribution >= 0.6 is 11.8 Å². The Morgan fingerprint density at radius 2 is 2.00 bits per heavy atom. The second-order valence-electron chi connectivity index (χ2n) is 4.58. The Balaban J connectivity index is 2.37. The van der Waals surface area contributed by atoms with Gasteiger partial charge < -0.3 is 10.2 Å². The summed E-state index contributed by atoms with van der Waals surface area (Å²) in [5.41, 5.74) is 0.455. The van der Waals surface area contributed by atoms with E-state index in [1.807, 2.05) is 0 Å². The predicted octanol–water partition coefficient (Wildman–Crippen LogP) is 1.67. The summed E-state index contributed by atoms with van der Waals surface area (Å²) in [6, 6.07) is 0. The topological polar surface area (TPSA) is 15.3 Å². The summed E-state index contributed by atoms with van der Waals surface area (Å²) in [4.78, 5) is 2.62. The molecule has 1 N–H and O–H groups in total. The minimum absolute atomic E-state index is 0.455. The maximum Gasteiger partial charge on any atom is 0.00729 e. The molecule has 0 spiro atoms. The van der Waals surface area contributed by atoms with E-state index in [9.17, 15) is 0 Å². The summed E-state index contributed by atoms with van der Waals surface area (Å²) in [7, 11) is 2.06. The molecular formula is C11H24N2S. The Morgan fingerprint density at radius 3 is 2.50 bits per heavy atom. The van der Waals surface area contributed by atoms with E-state index in [2.05, 4.69) is 42.9 Å². The van der Waals surface area contributed by atoms with Gasteiger partial charge in [0.25, 0.3) is 0 Å². The van der Waals surface area contributed by atoms with E-state index >= 15 is 0 Å². The standard InChI is InChI=1S/C11H24N2S/c1-4-11(2,9-12-3)10-13-5-7-14-8-6-13/h12H,4-10H2,1-3H3. The van der Waals surface area contributed by atoms with Gasteiger partial charge in [-0.1, -0.05) is 13.8 Å². The quantitative estimate of drug-likeness (QED) is 0.752. The van der Waals surface area contributed by atoms with E-state index in [4.69, 9.17) is 0 Å². The van der Waals surface area contributed by atoms with Gasteiger partial charge in [0.1, 0.15) is 0 Å². The van der Waals surface area contributed by atoms with Crippen LogP contribution in [0.5, 0.6) is 0 Å². The maximum absolute atomic E-state index is 3.32. The zero-order chi connectivity index (χ0) is 10.4. The molecule has 0 aliphatic carbocycles. The lowest BCUT2D eigenvalue weighted by Gasteiger charge is -2.36. The highest BCUT2D eigenvalue weighted by Gasteiger charge is 2.25. The monoisotopic (exact) mass is 216 g/mol. The molecule has 1 fully saturated rings. The largest absolute Gasteiger partial charge is 0.319 e. The van der Waals surface area contributed by atoms with Crippen LogP contribution in [-0.2, 0) is 0 Å². The zero-order valence-corrected chi connectivity index (χ0v) is 10.6. The molecule has 0 bridgehead atoms. The van der Waals surface area contributed by atoms with Gasteiger partial charge in [-0.2, -0.15) is 11.8 Å². The first-order valence-corrected chi connectivity index (χ1v) is 6.80. The van der Waals surface area contributed by atoms with Crippen molar-refractivity contribution in [3.05, 3.63) is 0 Å². The van der Waals surface area contributed by atoms with Crippen molar-refractivity contribution in [3.63, 3.8) is 0 Å². The van der Waals surface area contributed by atoms with Gasteiger partial charge in [-0.05, 0) is 18.9 Å². The van der Waals surface area contributed by atoms with Gasteiger partial charge in [0.05, 0.1) is 0 Å². The molecule has 0 aromatic carbocycles. The van der Waals surface area contributed by atoms with E-state index in [1.54, 1.807) is 0 Å². The Hall–Kier alpha value is 0.270. The molecule has 1 rings (SSSR count). The number of hydrogen-bond donors (Lipinski definition) is 1. The molecule has 1 unspecified atom stereocenters. The first-order valence-electron chi connectivity index (χ1n) is 5.65. The van der Waals surface area contributed by atoms with Crippen molar-refractivity contribution >= 4 is 11.8 Å². The fraction of sp³-hybridized carbons (Fsp3) is 1.00. The molecule has 2 nitrogen and oxygen atoms in total. The van der Waals surface area contributed by atoms with Crippen molar-refractivity contribution in [2.75, 3.05) is 44.7 Å². The second kappa shape index (κ2) is 5.99. The minimum Gasteiger partial charge on any atom is -0.319 e. The Kier molecular flexibility index (Phi) is 5.28. The van der Waals surface area contributed by atoms with E-state index in [0.29, 0.717) is 5.41 Å². The van der Waals surface area contributed by atoms with E-state index in [-0.39, 0.29) is 0 Å². The summed E-state index contributed by atoms with van der Waals surface area (Å²) in [6.45, 7) is 9.65. The molecule has 0 aromatic rings. The third kappa shape index (κ3) is 3.79. The third-order valence-electron chi connectivity index (χ3n) is 3.17. The average molecular weight is 216 g/mol. The smallest absolute Gasteiger partial charge is 0.00729 e. The molecule has 84 valence electrons. The fourth-order valence-corrected chi connectivity index (χ4v) is 3.00. The molecule has 1 aliphatic rings. The lowest BCUT2D eigenvalue weighted by molar-refractivity contribution is 0.168. The first kappa shape index (κ1) is 12.3. The molecule has 3 heteroatoms. The average Bonchev–Trinajstić information content (AvgIpc) is 2.20. The van der Waals surface area contributed by atoms with Crippen molar-refractivity contribution in [2.24, 2.45) is 5.41 Å². The first-order chi connectivity index (χ1) is 6.70. The van der Waals surface area contributed by atoms with Crippen molar-refractivity contribution in [3.8, 4) is 0 Å².